The van der Waals surface area contributed by atoms with Gasteiger partial charge < -0.3 is 10.1 Å². The number of carbonyl (C=O) groups is 3. The van der Waals surface area contributed by atoms with Crippen molar-refractivity contribution in [1.82, 2.24) is 10.3 Å². The highest BCUT2D eigenvalue weighted by Gasteiger charge is 2.14. The molecule has 3 N–H and O–H groups in total. The van der Waals surface area contributed by atoms with Crippen molar-refractivity contribution in [2.45, 2.75) is 4.90 Å². The minimum absolute atomic E-state index is 0.0449. The number of imide groups is 1. The first-order valence-corrected chi connectivity index (χ1v) is 6.99. The second-order valence-electron chi connectivity index (χ2n) is 4.05. The van der Waals surface area contributed by atoms with Crippen molar-refractivity contribution in [2.24, 2.45) is 0 Å². The first-order chi connectivity index (χ1) is 10.1. The average Bonchev–Trinajstić information content (AvgIpc) is 2.99. The van der Waals surface area contributed by atoms with Gasteiger partial charge in [-0.25, -0.2) is 4.79 Å². The Morgan fingerprint density at radius 2 is 1.90 bits per heavy atom. The summed E-state index contributed by atoms with van der Waals surface area (Å²) < 4.78 is 0. The normalized spacial score (nSPS) is 10.1. The lowest BCUT2D eigenvalue weighted by Crippen LogP contribution is -2.32. The number of thioether (sulfide) groups is 1. The Morgan fingerprint density at radius 3 is 2.57 bits per heavy atom. The Morgan fingerprint density at radius 1 is 1.14 bits per heavy atom. The predicted octanol–water partition coefficient (Wildman–Crippen LogP) is 1.76. The van der Waals surface area contributed by atoms with Gasteiger partial charge in [-0.15, -0.1) is 11.8 Å². The van der Waals surface area contributed by atoms with Gasteiger partial charge in [-0.1, -0.05) is 12.1 Å². The van der Waals surface area contributed by atoms with Gasteiger partial charge in [0.1, 0.15) is 5.69 Å². The van der Waals surface area contributed by atoms with E-state index in [0.29, 0.717) is 10.6 Å². The summed E-state index contributed by atoms with van der Waals surface area (Å²) in [4.78, 5) is 37.5. The quantitative estimate of drug-likeness (QED) is 0.731. The van der Waals surface area contributed by atoms with Gasteiger partial charge in [0.05, 0.1) is 11.3 Å². The minimum atomic E-state index is -1.05. The molecular weight excluding hydrogens is 292 g/mol. The van der Waals surface area contributed by atoms with Crippen LogP contribution in [0.4, 0.5) is 0 Å². The van der Waals surface area contributed by atoms with Crippen LogP contribution in [0.25, 0.3) is 0 Å². The molecule has 0 radical (unpaired) electrons. The number of benzene rings is 1. The summed E-state index contributed by atoms with van der Waals surface area (Å²) in [5, 5.41) is 11.3. The zero-order chi connectivity index (χ0) is 15.2. The Kier molecular flexibility index (Phi) is 4.78. The molecule has 0 aliphatic carbocycles. The standard InChI is InChI=1S/C14H12N2O4S/c17-12(16-13(18)10-5-3-7-15-10)8-21-11-6-2-1-4-9(11)14(19)20/h1-7,15H,8H2,(H,19,20)(H,16,17,18). The molecule has 2 amide bonds. The number of H-pyrrole nitrogens is 1. The topological polar surface area (TPSA) is 99.3 Å². The number of carboxylic acids is 1. The average molecular weight is 304 g/mol. The largest absolute Gasteiger partial charge is 0.478 e. The molecular formula is C14H12N2O4S. The molecule has 1 aromatic carbocycles. The SMILES string of the molecule is O=C(CSc1ccccc1C(=O)O)NC(=O)c1ccc[nH]1. The number of aromatic nitrogens is 1. The molecule has 0 fully saturated rings. The van der Waals surface area contributed by atoms with E-state index in [1.165, 1.54) is 6.07 Å². The van der Waals surface area contributed by atoms with Gasteiger partial charge in [-0.2, -0.15) is 0 Å². The number of aromatic carboxylic acids is 1. The second-order valence-corrected chi connectivity index (χ2v) is 5.07. The lowest BCUT2D eigenvalue weighted by atomic mass is 10.2. The Bertz CT molecular complexity index is 667. The monoisotopic (exact) mass is 304 g/mol. The number of hydrogen-bond donors (Lipinski definition) is 3. The van der Waals surface area contributed by atoms with Gasteiger partial charge in [-0.05, 0) is 24.3 Å². The summed E-state index contributed by atoms with van der Waals surface area (Å²) in [5.74, 6) is -2.10. The molecule has 0 aliphatic rings. The van der Waals surface area contributed by atoms with E-state index in [4.69, 9.17) is 5.11 Å². The van der Waals surface area contributed by atoms with E-state index in [1.807, 2.05) is 0 Å². The molecule has 0 saturated heterocycles. The van der Waals surface area contributed by atoms with E-state index in [-0.39, 0.29) is 11.3 Å². The third kappa shape index (κ3) is 3.96. The molecule has 6 nitrogen and oxygen atoms in total. The maximum atomic E-state index is 11.7. The highest BCUT2D eigenvalue weighted by Crippen LogP contribution is 2.22. The summed E-state index contributed by atoms with van der Waals surface area (Å²) in [5.41, 5.74) is 0.422. The summed E-state index contributed by atoms with van der Waals surface area (Å²) >= 11 is 1.07. The van der Waals surface area contributed by atoms with Gasteiger partial charge >= 0.3 is 5.97 Å². The van der Waals surface area contributed by atoms with E-state index >= 15 is 0 Å². The van der Waals surface area contributed by atoms with Crippen molar-refractivity contribution in [1.29, 1.82) is 0 Å². The van der Waals surface area contributed by atoms with Gasteiger partial charge in [0.15, 0.2) is 0 Å². The van der Waals surface area contributed by atoms with Gasteiger partial charge in [0, 0.05) is 11.1 Å². The van der Waals surface area contributed by atoms with E-state index < -0.39 is 17.8 Å². The third-order valence-electron chi connectivity index (χ3n) is 2.57. The fraction of sp³-hybridized carbons (Fsp3) is 0.0714. The van der Waals surface area contributed by atoms with Gasteiger partial charge in [-0.3, -0.25) is 14.9 Å². The summed E-state index contributed by atoms with van der Waals surface area (Å²) in [7, 11) is 0. The van der Waals surface area contributed by atoms with Gasteiger partial charge in [0.2, 0.25) is 5.91 Å². The van der Waals surface area contributed by atoms with Crippen LogP contribution in [0.15, 0.2) is 47.5 Å². The van der Waals surface area contributed by atoms with Crippen LogP contribution in [0.5, 0.6) is 0 Å². The van der Waals surface area contributed by atoms with Crippen LogP contribution in [0.1, 0.15) is 20.8 Å². The molecule has 0 atom stereocenters. The fourth-order valence-electron chi connectivity index (χ4n) is 1.61. The van der Waals surface area contributed by atoms with E-state index in [0.717, 1.165) is 11.8 Å². The predicted molar refractivity (Wildman–Crippen MR) is 77.4 cm³/mol. The first-order valence-electron chi connectivity index (χ1n) is 6.00. The molecule has 0 bridgehead atoms. The number of rotatable bonds is 5. The molecule has 0 aliphatic heterocycles. The molecule has 108 valence electrons. The molecule has 1 heterocycles. The van der Waals surface area contributed by atoms with E-state index in [9.17, 15) is 14.4 Å². The van der Waals surface area contributed by atoms with Crippen LogP contribution < -0.4 is 5.32 Å². The lowest BCUT2D eigenvalue weighted by Gasteiger charge is -2.05. The summed E-state index contributed by atoms with van der Waals surface area (Å²) in [6.07, 6.45) is 1.58. The maximum absolute atomic E-state index is 11.7. The molecule has 0 saturated carbocycles. The molecule has 21 heavy (non-hydrogen) atoms. The van der Waals surface area contributed by atoms with Crippen LogP contribution in [0.3, 0.4) is 0 Å². The molecule has 0 spiro atoms. The highest BCUT2D eigenvalue weighted by atomic mass is 32.2. The maximum Gasteiger partial charge on any atom is 0.336 e. The minimum Gasteiger partial charge on any atom is -0.478 e. The third-order valence-corrected chi connectivity index (χ3v) is 3.65. The van der Waals surface area contributed by atoms with Crippen LogP contribution in [-0.4, -0.2) is 33.6 Å². The zero-order valence-corrected chi connectivity index (χ0v) is 11.6. The van der Waals surface area contributed by atoms with Crippen LogP contribution in [-0.2, 0) is 4.79 Å². The second kappa shape index (κ2) is 6.76. The Labute approximate surface area is 124 Å². The number of carboxylic acid groups (broad SMARTS) is 1. The number of aromatic amines is 1. The Hall–Kier alpha value is -2.54. The molecule has 2 rings (SSSR count). The van der Waals surface area contributed by atoms with Crippen LogP contribution in [0.2, 0.25) is 0 Å². The van der Waals surface area contributed by atoms with E-state index in [2.05, 4.69) is 10.3 Å². The number of hydrogen-bond acceptors (Lipinski definition) is 4. The number of amides is 2. The van der Waals surface area contributed by atoms with E-state index in [1.54, 1.807) is 36.5 Å². The molecule has 2 aromatic rings. The van der Waals surface area contributed by atoms with Crippen molar-refractivity contribution in [3.8, 4) is 0 Å². The fourth-order valence-corrected chi connectivity index (χ4v) is 2.46. The van der Waals surface area contributed by atoms with Crippen molar-refractivity contribution < 1.29 is 19.5 Å². The summed E-state index contributed by atoms with van der Waals surface area (Å²) in [6, 6.07) is 9.59. The lowest BCUT2D eigenvalue weighted by molar-refractivity contribution is -0.117. The van der Waals surface area contributed by atoms with Crippen molar-refractivity contribution in [2.75, 3.05) is 5.75 Å². The smallest absolute Gasteiger partial charge is 0.336 e. The molecule has 1 aromatic heterocycles. The highest BCUT2D eigenvalue weighted by molar-refractivity contribution is 8.00. The van der Waals surface area contributed by atoms with Gasteiger partial charge in [0.25, 0.3) is 5.91 Å². The number of nitrogens with one attached hydrogen (secondary N) is 2. The molecule has 7 heteroatoms. The van der Waals surface area contributed by atoms with Crippen molar-refractivity contribution >= 4 is 29.5 Å². The summed E-state index contributed by atoms with van der Waals surface area (Å²) in [6.45, 7) is 0. The Balaban J connectivity index is 1.93. The van der Waals surface area contributed by atoms with Crippen molar-refractivity contribution in [3.63, 3.8) is 0 Å². The van der Waals surface area contributed by atoms with Crippen molar-refractivity contribution in [3.05, 3.63) is 53.9 Å². The van der Waals surface area contributed by atoms with Crippen LogP contribution in [0, 0.1) is 0 Å². The molecule has 0 unspecified atom stereocenters. The number of carbonyl (C=O) groups excluding carboxylic acids is 2. The first kappa shape index (κ1) is 14.9. The van der Waals surface area contributed by atoms with Crippen LogP contribution >= 0.6 is 11.8 Å². The zero-order valence-electron chi connectivity index (χ0n) is 10.8.